The van der Waals surface area contributed by atoms with Crippen molar-refractivity contribution in [2.75, 3.05) is 36.8 Å². The first kappa shape index (κ1) is 14.6. The fourth-order valence-electron chi connectivity index (χ4n) is 2.60. The molecule has 0 spiro atoms. The number of pyridine rings is 1. The lowest BCUT2D eigenvalue weighted by Crippen LogP contribution is -2.46. The number of benzene rings is 1. The van der Waals surface area contributed by atoms with Gasteiger partial charge in [-0.25, -0.2) is 4.98 Å². The summed E-state index contributed by atoms with van der Waals surface area (Å²) in [6, 6.07) is 12.7. The predicted molar refractivity (Wildman–Crippen MR) is 95.3 cm³/mol. The second-order valence-corrected chi connectivity index (χ2v) is 6.58. The van der Waals surface area contributed by atoms with E-state index in [2.05, 4.69) is 67.7 Å². The molecule has 2 N–H and O–H groups in total. The minimum absolute atomic E-state index is 0.580. The zero-order valence-electron chi connectivity index (χ0n) is 11.9. The van der Waals surface area contributed by atoms with E-state index < -0.39 is 0 Å². The second kappa shape index (κ2) is 6.62. The van der Waals surface area contributed by atoms with Crippen LogP contribution in [0.15, 0.2) is 42.6 Å². The fraction of sp³-hybridized carbons (Fsp3) is 0.312. The van der Waals surface area contributed by atoms with Crippen LogP contribution in [0.1, 0.15) is 5.56 Å². The van der Waals surface area contributed by atoms with Gasteiger partial charge in [0.2, 0.25) is 0 Å². The van der Waals surface area contributed by atoms with Gasteiger partial charge < -0.3 is 10.6 Å². The van der Waals surface area contributed by atoms with Crippen LogP contribution in [-0.4, -0.2) is 36.1 Å². The number of halogens is 1. The Kier molecular flexibility index (Phi) is 4.60. The van der Waals surface area contributed by atoms with Crippen molar-refractivity contribution in [1.82, 2.24) is 9.88 Å². The first-order chi connectivity index (χ1) is 10.2. The second-order valence-electron chi connectivity index (χ2n) is 5.33. The largest absolute Gasteiger partial charge is 0.384 e. The summed E-state index contributed by atoms with van der Waals surface area (Å²) in [5.74, 6) is 0.580. The zero-order chi connectivity index (χ0) is 14.7. The van der Waals surface area contributed by atoms with Crippen LogP contribution in [0.25, 0.3) is 0 Å². The average Bonchev–Trinajstić information content (AvgIpc) is 2.51. The molecule has 4 nitrogen and oxygen atoms in total. The first-order valence-corrected chi connectivity index (χ1v) is 8.22. The highest BCUT2D eigenvalue weighted by molar-refractivity contribution is 14.1. The van der Waals surface area contributed by atoms with Gasteiger partial charge >= 0.3 is 0 Å². The molecule has 21 heavy (non-hydrogen) atoms. The number of anilines is 2. The van der Waals surface area contributed by atoms with Crippen LogP contribution in [-0.2, 0) is 6.54 Å². The number of rotatable bonds is 3. The van der Waals surface area contributed by atoms with Crippen molar-refractivity contribution < 1.29 is 0 Å². The molecule has 0 amide bonds. The SMILES string of the molecule is Nc1ccc(N2CCN(Cc3ccc(I)cc3)CC2)cn1. The highest BCUT2D eigenvalue weighted by Crippen LogP contribution is 2.17. The molecule has 0 aliphatic carbocycles. The Morgan fingerprint density at radius 1 is 1.00 bits per heavy atom. The molecule has 2 aromatic rings. The van der Waals surface area contributed by atoms with Crippen LogP contribution >= 0.6 is 22.6 Å². The van der Waals surface area contributed by atoms with Crippen LogP contribution in [0.2, 0.25) is 0 Å². The molecule has 110 valence electrons. The lowest BCUT2D eigenvalue weighted by atomic mass is 10.2. The molecule has 0 unspecified atom stereocenters. The standard InChI is InChI=1S/C16H19IN4/c17-14-3-1-13(2-4-14)12-20-7-9-21(10-8-20)15-5-6-16(18)19-11-15/h1-6,11H,7-10,12H2,(H2,18,19). The summed E-state index contributed by atoms with van der Waals surface area (Å²) in [7, 11) is 0. The molecule has 5 heteroatoms. The summed E-state index contributed by atoms with van der Waals surface area (Å²) < 4.78 is 1.29. The monoisotopic (exact) mass is 394 g/mol. The van der Waals surface area contributed by atoms with Gasteiger partial charge in [0.25, 0.3) is 0 Å². The number of piperazine rings is 1. The molecule has 0 radical (unpaired) electrons. The minimum atomic E-state index is 0.580. The number of nitrogen functional groups attached to an aromatic ring is 1. The van der Waals surface area contributed by atoms with E-state index in [1.807, 2.05) is 12.3 Å². The van der Waals surface area contributed by atoms with E-state index in [0.29, 0.717) is 5.82 Å². The van der Waals surface area contributed by atoms with E-state index in [1.54, 1.807) is 0 Å². The van der Waals surface area contributed by atoms with Crippen molar-refractivity contribution >= 4 is 34.1 Å². The van der Waals surface area contributed by atoms with E-state index in [4.69, 9.17) is 5.73 Å². The normalized spacial score (nSPS) is 16.1. The molecule has 1 aliphatic heterocycles. The number of nitrogens with two attached hydrogens (primary N) is 1. The van der Waals surface area contributed by atoms with Crippen LogP contribution in [0.4, 0.5) is 11.5 Å². The molecule has 3 rings (SSSR count). The molecular formula is C16H19IN4. The van der Waals surface area contributed by atoms with Crippen molar-refractivity contribution in [3.05, 3.63) is 51.7 Å². The molecule has 0 bridgehead atoms. The van der Waals surface area contributed by atoms with Gasteiger partial charge in [0, 0.05) is 36.3 Å². The number of hydrogen-bond acceptors (Lipinski definition) is 4. The predicted octanol–water partition coefficient (Wildman–Crippen LogP) is 2.59. The summed E-state index contributed by atoms with van der Waals surface area (Å²) in [5, 5.41) is 0. The minimum Gasteiger partial charge on any atom is -0.384 e. The Bertz CT molecular complexity index is 574. The quantitative estimate of drug-likeness (QED) is 0.814. The van der Waals surface area contributed by atoms with Crippen LogP contribution in [0.3, 0.4) is 0 Å². The lowest BCUT2D eigenvalue weighted by Gasteiger charge is -2.36. The van der Waals surface area contributed by atoms with Crippen molar-refractivity contribution in [3.63, 3.8) is 0 Å². The smallest absolute Gasteiger partial charge is 0.123 e. The molecule has 1 saturated heterocycles. The molecule has 2 heterocycles. The van der Waals surface area contributed by atoms with Crippen molar-refractivity contribution in [2.45, 2.75) is 6.54 Å². The van der Waals surface area contributed by atoms with Crippen LogP contribution in [0, 0.1) is 3.57 Å². The average molecular weight is 394 g/mol. The Balaban J connectivity index is 1.55. The van der Waals surface area contributed by atoms with Gasteiger partial charge in [0.15, 0.2) is 0 Å². The molecule has 1 aromatic carbocycles. The molecule has 1 aliphatic rings. The van der Waals surface area contributed by atoms with E-state index in [1.165, 1.54) is 9.13 Å². The van der Waals surface area contributed by atoms with E-state index in [0.717, 1.165) is 38.4 Å². The van der Waals surface area contributed by atoms with Crippen molar-refractivity contribution in [2.24, 2.45) is 0 Å². The maximum atomic E-state index is 5.64. The van der Waals surface area contributed by atoms with Gasteiger partial charge in [-0.15, -0.1) is 0 Å². The first-order valence-electron chi connectivity index (χ1n) is 7.14. The van der Waals surface area contributed by atoms with Crippen molar-refractivity contribution in [1.29, 1.82) is 0 Å². The number of nitrogens with zero attached hydrogens (tertiary/aromatic N) is 3. The van der Waals surface area contributed by atoms with Crippen LogP contribution < -0.4 is 10.6 Å². The third-order valence-electron chi connectivity index (χ3n) is 3.83. The lowest BCUT2D eigenvalue weighted by molar-refractivity contribution is 0.250. The summed E-state index contributed by atoms with van der Waals surface area (Å²) >= 11 is 2.34. The van der Waals surface area contributed by atoms with E-state index >= 15 is 0 Å². The molecule has 1 fully saturated rings. The molecule has 1 aromatic heterocycles. The fourth-order valence-corrected chi connectivity index (χ4v) is 2.96. The summed E-state index contributed by atoms with van der Waals surface area (Å²) in [5.41, 5.74) is 8.19. The Labute approximate surface area is 139 Å². The Morgan fingerprint density at radius 2 is 1.71 bits per heavy atom. The van der Waals surface area contributed by atoms with Gasteiger partial charge in [0.05, 0.1) is 11.9 Å². The summed E-state index contributed by atoms with van der Waals surface area (Å²) in [4.78, 5) is 9.05. The van der Waals surface area contributed by atoms with E-state index in [-0.39, 0.29) is 0 Å². The zero-order valence-corrected chi connectivity index (χ0v) is 14.0. The van der Waals surface area contributed by atoms with Gasteiger partial charge in [0.1, 0.15) is 5.82 Å². The number of hydrogen-bond donors (Lipinski definition) is 1. The Hall–Kier alpha value is -1.34. The summed E-state index contributed by atoms with van der Waals surface area (Å²) in [6.45, 7) is 5.27. The molecular weight excluding hydrogens is 375 g/mol. The third-order valence-corrected chi connectivity index (χ3v) is 4.55. The highest BCUT2D eigenvalue weighted by atomic mass is 127. The third kappa shape index (κ3) is 3.85. The Morgan fingerprint density at radius 3 is 2.33 bits per heavy atom. The molecule has 0 atom stereocenters. The summed E-state index contributed by atoms with van der Waals surface area (Å²) in [6.07, 6.45) is 1.87. The van der Waals surface area contributed by atoms with Gasteiger partial charge in [-0.2, -0.15) is 0 Å². The van der Waals surface area contributed by atoms with Crippen molar-refractivity contribution in [3.8, 4) is 0 Å². The van der Waals surface area contributed by atoms with Gasteiger partial charge in [-0.1, -0.05) is 12.1 Å². The topological polar surface area (TPSA) is 45.4 Å². The van der Waals surface area contributed by atoms with Gasteiger partial charge in [-0.3, -0.25) is 4.90 Å². The van der Waals surface area contributed by atoms with E-state index in [9.17, 15) is 0 Å². The maximum Gasteiger partial charge on any atom is 0.123 e. The molecule has 0 saturated carbocycles. The highest BCUT2D eigenvalue weighted by Gasteiger charge is 2.17. The van der Waals surface area contributed by atoms with Gasteiger partial charge in [-0.05, 0) is 52.4 Å². The number of aromatic nitrogens is 1. The van der Waals surface area contributed by atoms with Crippen LogP contribution in [0.5, 0.6) is 0 Å². The maximum absolute atomic E-state index is 5.64.